The molecule has 6 heteroatoms. The summed E-state index contributed by atoms with van der Waals surface area (Å²) in [6.07, 6.45) is 4.10. The summed E-state index contributed by atoms with van der Waals surface area (Å²) in [7, 11) is 2.17. The molecule has 0 radical (unpaired) electrons. The third kappa shape index (κ3) is 3.83. The quantitative estimate of drug-likeness (QED) is 0.726. The second kappa shape index (κ2) is 8.26. The first-order valence-electron chi connectivity index (χ1n) is 9.99. The highest BCUT2D eigenvalue weighted by atomic mass is 35.5. The van der Waals surface area contributed by atoms with Crippen molar-refractivity contribution < 1.29 is 9.53 Å². The van der Waals surface area contributed by atoms with E-state index in [2.05, 4.69) is 25.8 Å². The number of rotatable bonds is 4. The molecule has 2 aliphatic rings. The second-order valence-corrected chi connectivity index (χ2v) is 8.47. The Labute approximate surface area is 172 Å². The molecule has 0 spiro atoms. The van der Waals surface area contributed by atoms with Crippen molar-refractivity contribution in [3.05, 3.63) is 46.2 Å². The van der Waals surface area contributed by atoms with Gasteiger partial charge in [0.15, 0.2) is 0 Å². The molecule has 2 aromatic rings. The molecule has 0 amide bonds. The van der Waals surface area contributed by atoms with Crippen LogP contribution in [-0.4, -0.2) is 40.7 Å². The van der Waals surface area contributed by atoms with Crippen LogP contribution in [0.3, 0.4) is 0 Å². The topological polar surface area (TPSA) is 51.5 Å². The highest BCUT2D eigenvalue weighted by Crippen LogP contribution is 2.35. The number of piperidine rings is 1. The Kier molecular flexibility index (Phi) is 6.15. The lowest BCUT2D eigenvalue weighted by molar-refractivity contribution is -0.000287. The Bertz CT molecular complexity index is 910. The molecule has 2 bridgehead atoms. The molecule has 1 aromatic heterocycles. The molecule has 5 nitrogen and oxygen atoms in total. The number of fused-ring (bicyclic) bond motifs is 3. The molecule has 0 N–H and O–H groups in total. The molecule has 2 aliphatic heterocycles. The molecular formula is C22H29ClN2O3. The van der Waals surface area contributed by atoms with E-state index in [4.69, 9.17) is 4.74 Å². The summed E-state index contributed by atoms with van der Waals surface area (Å²) >= 11 is 0. The summed E-state index contributed by atoms with van der Waals surface area (Å²) in [5.41, 5.74) is 1.05. The summed E-state index contributed by atoms with van der Waals surface area (Å²) < 4.78 is 7.63. The molecule has 2 unspecified atom stereocenters. The number of hydrogen-bond donors (Lipinski definition) is 0. The van der Waals surface area contributed by atoms with Crippen LogP contribution < -0.4 is 5.56 Å². The van der Waals surface area contributed by atoms with Gasteiger partial charge in [-0.3, -0.25) is 4.79 Å². The van der Waals surface area contributed by atoms with E-state index in [1.54, 1.807) is 4.57 Å². The minimum absolute atomic E-state index is 0. The van der Waals surface area contributed by atoms with Gasteiger partial charge in [-0.1, -0.05) is 32.0 Å². The molecule has 2 atom stereocenters. The van der Waals surface area contributed by atoms with Crippen LogP contribution in [0, 0.1) is 5.92 Å². The molecule has 28 heavy (non-hydrogen) atoms. The number of nitrogens with zero attached hydrogens (tertiary/aromatic N) is 2. The number of ether oxygens (including phenoxy) is 1. The number of hydrogen-bond acceptors (Lipinski definition) is 4. The van der Waals surface area contributed by atoms with Crippen molar-refractivity contribution >= 4 is 29.3 Å². The number of benzene rings is 1. The standard InChI is InChI=1S/C22H28N2O3.ClH/c1-14(2)13-24-20-7-5-4-6-18(20)19(12-21(24)25)22(26)27-17-10-15-8-9-16(11-17)23(15)3;/h4-7,12,14-17H,8-11,13H2,1-3H3;1H. The first-order valence-corrected chi connectivity index (χ1v) is 9.99. The van der Waals surface area contributed by atoms with E-state index in [1.165, 1.54) is 18.9 Å². The van der Waals surface area contributed by atoms with E-state index in [0.29, 0.717) is 30.1 Å². The fourth-order valence-corrected chi connectivity index (χ4v) is 4.73. The van der Waals surface area contributed by atoms with Gasteiger partial charge >= 0.3 is 5.97 Å². The molecule has 0 saturated carbocycles. The number of carbonyl (C=O) groups excluding carboxylic acids is 1. The predicted molar refractivity (Wildman–Crippen MR) is 113 cm³/mol. The Morgan fingerprint density at radius 2 is 1.82 bits per heavy atom. The van der Waals surface area contributed by atoms with Gasteiger partial charge < -0.3 is 14.2 Å². The largest absolute Gasteiger partial charge is 0.459 e. The van der Waals surface area contributed by atoms with E-state index in [9.17, 15) is 9.59 Å². The van der Waals surface area contributed by atoms with Gasteiger partial charge in [-0.15, -0.1) is 12.4 Å². The van der Waals surface area contributed by atoms with Crippen LogP contribution in [0.25, 0.3) is 10.9 Å². The van der Waals surface area contributed by atoms with Gasteiger partial charge in [-0.05, 0) is 31.9 Å². The van der Waals surface area contributed by atoms with Crippen molar-refractivity contribution in [2.24, 2.45) is 5.92 Å². The highest BCUT2D eigenvalue weighted by molar-refractivity contribution is 6.03. The minimum Gasteiger partial charge on any atom is -0.459 e. The minimum atomic E-state index is -0.367. The zero-order valence-electron chi connectivity index (χ0n) is 16.8. The number of aromatic nitrogens is 1. The Morgan fingerprint density at radius 3 is 2.46 bits per heavy atom. The Balaban J connectivity index is 0.00000225. The number of halogens is 1. The Hall–Kier alpha value is -1.85. The van der Waals surface area contributed by atoms with E-state index in [0.717, 1.165) is 23.7 Å². The van der Waals surface area contributed by atoms with Crippen LogP contribution in [0.5, 0.6) is 0 Å². The smallest absolute Gasteiger partial charge is 0.339 e. The average molecular weight is 405 g/mol. The summed E-state index contributed by atoms with van der Waals surface area (Å²) in [5, 5.41) is 0.790. The van der Waals surface area contributed by atoms with Crippen LogP contribution in [0.15, 0.2) is 35.1 Å². The zero-order valence-corrected chi connectivity index (χ0v) is 17.6. The number of carbonyl (C=O) groups is 1. The molecule has 2 saturated heterocycles. The molecule has 152 valence electrons. The number of para-hydroxylation sites is 1. The first kappa shape index (κ1) is 20.9. The normalized spacial score (nSPS) is 24.4. The van der Waals surface area contributed by atoms with Gasteiger partial charge in [0.2, 0.25) is 0 Å². The second-order valence-electron chi connectivity index (χ2n) is 8.47. The fourth-order valence-electron chi connectivity index (χ4n) is 4.73. The maximum absolute atomic E-state index is 12.9. The van der Waals surface area contributed by atoms with Crippen molar-refractivity contribution in [1.82, 2.24) is 9.47 Å². The number of esters is 1. The lowest BCUT2D eigenvalue weighted by Gasteiger charge is -2.35. The van der Waals surface area contributed by atoms with Crippen LogP contribution in [0.2, 0.25) is 0 Å². The summed E-state index contributed by atoms with van der Waals surface area (Å²) in [5.74, 6) is -0.0208. The van der Waals surface area contributed by atoms with Crippen LogP contribution in [0.4, 0.5) is 0 Å². The molecule has 3 heterocycles. The third-order valence-electron chi connectivity index (χ3n) is 6.12. The molecule has 2 fully saturated rings. The van der Waals surface area contributed by atoms with Gasteiger partial charge in [0.1, 0.15) is 6.10 Å². The SMILES string of the molecule is CC(C)Cn1c(=O)cc(C(=O)OC2CC3CCC(C2)N3C)c2ccccc21.Cl. The van der Waals surface area contributed by atoms with E-state index in [1.807, 2.05) is 24.3 Å². The first-order chi connectivity index (χ1) is 12.9. The van der Waals surface area contributed by atoms with Crippen molar-refractivity contribution in [3.63, 3.8) is 0 Å². The van der Waals surface area contributed by atoms with Crippen LogP contribution >= 0.6 is 12.4 Å². The van der Waals surface area contributed by atoms with E-state index >= 15 is 0 Å². The summed E-state index contributed by atoms with van der Waals surface area (Å²) in [4.78, 5) is 28.1. The zero-order chi connectivity index (χ0) is 19.1. The Morgan fingerprint density at radius 1 is 1.18 bits per heavy atom. The molecular weight excluding hydrogens is 376 g/mol. The monoisotopic (exact) mass is 404 g/mol. The van der Waals surface area contributed by atoms with Gasteiger partial charge in [-0.2, -0.15) is 0 Å². The van der Waals surface area contributed by atoms with Crippen molar-refractivity contribution in [3.8, 4) is 0 Å². The van der Waals surface area contributed by atoms with Gasteiger partial charge in [0, 0.05) is 42.9 Å². The van der Waals surface area contributed by atoms with Crippen molar-refractivity contribution in [2.75, 3.05) is 7.05 Å². The highest BCUT2D eigenvalue weighted by Gasteiger charge is 2.40. The summed E-state index contributed by atoms with van der Waals surface area (Å²) in [6.45, 7) is 4.79. The molecule has 1 aromatic carbocycles. The predicted octanol–water partition coefficient (Wildman–Crippen LogP) is 3.86. The van der Waals surface area contributed by atoms with Gasteiger partial charge in [0.05, 0.1) is 11.1 Å². The summed E-state index contributed by atoms with van der Waals surface area (Å²) in [6, 6.07) is 10.1. The molecule has 0 aliphatic carbocycles. The van der Waals surface area contributed by atoms with Crippen molar-refractivity contribution in [2.45, 2.75) is 64.3 Å². The lowest BCUT2D eigenvalue weighted by atomic mass is 10.0. The fraction of sp³-hybridized carbons (Fsp3) is 0.545. The van der Waals surface area contributed by atoms with E-state index in [-0.39, 0.29) is 30.0 Å². The van der Waals surface area contributed by atoms with E-state index < -0.39 is 0 Å². The average Bonchev–Trinajstić information content (AvgIpc) is 2.84. The van der Waals surface area contributed by atoms with Gasteiger partial charge in [-0.25, -0.2) is 4.79 Å². The maximum Gasteiger partial charge on any atom is 0.339 e. The third-order valence-corrected chi connectivity index (χ3v) is 6.12. The van der Waals surface area contributed by atoms with Gasteiger partial charge in [0.25, 0.3) is 5.56 Å². The maximum atomic E-state index is 12.9. The lowest BCUT2D eigenvalue weighted by Crippen LogP contribution is -2.43. The molecule has 4 rings (SSSR count). The van der Waals surface area contributed by atoms with Crippen molar-refractivity contribution in [1.29, 1.82) is 0 Å². The number of pyridine rings is 1. The van der Waals surface area contributed by atoms with Crippen LogP contribution in [0.1, 0.15) is 49.9 Å². The van der Waals surface area contributed by atoms with Crippen LogP contribution in [-0.2, 0) is 11.3 Å².